The van der Waals surface area contributed by atoms with E-state index < -0.39 is 0 Å². The monoisotopic (exact) mass is 1020 g/mol. The van der Waals surface area contributed by atoms with E-state index in [2.05, 4.69) is 291 Å². The fraction of sp³-hybridized carbons (Fsp3) is 0.0789. The first-order chi connectivity index (χ1) is 39.2. The van der Waals surface area contributed by atoms with Crippen molar-refractivity contribution >= 4 is 105 Å². The quantitative estimate of drug-likeness (QED) is 0.159. The van der Waals surface area contributed by atoms with Crippen LogP contribution in [0.15, 0.2) is 253 Å². The van der Waals surface area contributed by atoms with E-state index in [-0.39, 0.29) is 10.8 Å². The molecule has 2 aliphatic rings. The van der Waals surface area contributed by atoms with Gasteiger partial charge in [0.2, 0.25) is 5.71 Å². The van der Waals surface area contributed by atoms with Crippen molar-refractivity contribution < 1.29 is 4.42 Å². The summed E-state index contributed by atoms with van der Waals surface area (Å²) in [7, 11) is 0. The molecule has 3 heterocycles. The molecule has 80 heavy (non-hydrogen) atoms. The molecule has 0 N–H and O–H groups in total. The van der Waals surface area contributed by atoms with Crippen molar-refractivity contribution in [2.24, 2.45) is 0 Å². The van der Waals surface area contributed by atoms with Crippen LogP contribution in [0.1, 0.15) is 49.9 Å². The van der Waals surface area contributed by atoms with Crippen molar-refractivity contribution in [3.05, 3.63) is 271 Å². The van der Waals surface area contributed by atoms with Crippen LogP contribution in [-0.4, -0.2) is 4.40 Å². The molecule has 3 aromatic heterocycles. The van der Waals surface area contributed by atoms with E-state index in [1.54, 1.807) is 0 Å². The second kappa shape index (κ2) is 16.3. The fourth-order valence-electron chi connectivity index (χ4n) is 14.7. The maximum Gasteiger partial charge on any atom is 0.213 e. The van der Waals surface area contributed by atoms with Gasteiger partial charge in [-0.25, -0.2) is 0 Å². The topological polar surface area (TPSA) is 24.0 Å². The van der Waals surface area contributed by atoms with Crippen LogP contribution in [-0.2, 0) is 10.8 Å². The van der Waals surface area contributed by atoms with Gasteiger partial charge in [0.1, 0.15) is 5.58 Å². The highest BCUT2D eigenvalue weighted by atomic mass is 16.3. The first kappa shape index (κ1) is 45.2. The molecule has 12 aromatic carbocycles. The summed E-state index contributed by atoms with van der Waals surface area (Å²) in [5.41, 5.74) is 23.2. The van der Waals surface area contributed by atoms with Gasteiger partial charge in [0.05, 0.1) is 39.2 Å². The minimum atomic E-state index is -0.238. The van der Waals surface area contributed by atoms with Crippen LogP contribution in [0.5, 0.6) is 0 Å². The molecule has 378 valence electrons. The van der Waals surface area contributed by atoms with E-state index in [4.69, 9.17) is 4.42 Å². The lowest BCUT2D eigenvalue weighted by Crippen LogP contribution is -2.20. The van der Waals surface area contributed by atoms with Crippen molar-refractivity contribution in [3.8, 4) is 33.4 Å². The third-order valence-electron chi connectivity index (χ3n) is 18.2. The van der Waals surface area contributed by atoms with Gasteiger partial charge in [0, 0.05) is 60.6 Å². The van der Waals surface area contributed by atoms with E-state index in [9.17, 15) is 0 Å². The SMILES string of the molecule is CC1(C)c2ccccc2-c2cccc(N(c3ccc4c(c3)oc3c4c4cc(-c5ccccc5)cc5c6cc(N(c7cccc8c7C(C)(C)c7ccccc7-8)c7cccc8ccccc78)ccc6n3c54)c3cccc4ccccc34)c21. The maximum absolute atomic E-state index is 7.42. The molecule has 2 aliphatic carbocycles. The lowest BCUT2D eigenvalue weighted by molar-refractivity contribution is 0.652. The molecule has 15 aromatic rings. The Hall–Kier alpha value is -9.90. The molecule has 17 rings (SSSR count). The molecule has 4 nitrogen and oxygen atoms in total. The highest BCUT2D eigenvalue weighted by Gasteiger charge is 2.41. The lowest BCUT2D eigenvalue weighted by atomic mass is 9.81. The molecule has 0 fully saturated rings. The van der Waals surface area contributed by atoms with E-state index in [0.717, 1.165) is 56.0 Å². The first-order valence-electron chi connectivity index (χ1n) is 28.0. The molecule has 0 saturated carbocycles. The van der Waals surface area contributed by atoms with Gasteiger partial charge in [0.25, 0.3) is 0 Å². The van der Waals surface area contributed by atoms with Crippen LogP contribution in [0.3, 0.4) is 0 Å². The van der Waals surface area contributed by atoms with Gasteiger partial charge in [-0.05, 0) is 133 Å². The minimum absolute atomic E-state index is 0.237. The van der Waals surface area contributed by atoms with Crippen molar-refractivity contribution in [1.82, 2.24) is 4.40 Å². The number of aromatic nitrogens is 1. The molecule has 0 saturated heterocycles. The predicted molar refractivity (Wildman–Crippen MR) is 336 cm³/mol. The van der Waals surface area contributed by atoms with Crippen molar-refractivity contribution in [3.63, 3.8) is 0 Å². The number of benzene rings is 12. The number of hydrogen-bond donors (Lipinski definition) is 0. The molecule has 0 spiro atoms. The Morgan fingerprint density at radius 3 is 1.46 bits per heavy atom. The Balaban J connectivity index is 0.915. The largest absolute Gasteiger partial charge is 0.439 e. The van der Waals surface area contributed by atoms with E-state index in [1.807, 2.05) is 0 Å². The van der Waals surface area contributed by atoms with Gasteiger partial charge >= 0.3 is 0 Å². The zero-order valence-corrected chi connectivity index (χ0v) is 44.9. The Morgan fingerprint density at radius 2 is 0.838 bits per heavy atom. The number of furan rings is 1. The number of anilines is 6. The van der Waals surface area contributed by atoms with Crippen molar-refractivity contribution in [2.75, 3.05) is 9.80 Å². The highest BCUT2D eigenvalue weighted by molar-refractivity contribution is 6.29. The van der Waals surface area contributed by atoms with Crippen LogP contribution in [0, 0.1) is 0 Å². The molecule has 0 bridgehead atoms. The molecule has 0 atom stereocenters. The summed E-state index contributed by atoms with van der Waals surface area (Å²) in [6.07, 6.45) is 0. The Labute approximate surface area is 464 Å². The number of nitrogens with zero attached hydrogens (tertiary/aromatic N) is 3. The van der Waals surface area contributed by atoms with Crippen LogP contribution >= 0.6 is 0 Å². The molecule has 0 amide bonds. The van der Waals surface area contributed by atoms with Gasteiger partial charge in [-0.15, -0.1) is 0 Å². The van der Waals surface area contributed by atoms with Gasteiger partial charge < -0.3 is 14.2 Å². The number of fused-ring (bicyclic) bond motifs is 16. The van der Waals surface area contributed by atoms with Gasteiger partial charge in [-0.1, -0.05) is 204 Å². The summed E-state index contributed by atoms with van der Waals surface area (Å²) >= 11 is 0. The Kier molecular flexibility index (Phi) is 9.21. The van der Waals surface area contributed by atoms with Crippen molar-refractivity contribution in [2.45, 2.75) is 38.5 Å². The average Bonchev–Trinajstić information content (AvgIpc) is 4.39. The summed E-state index contributed by atoms with van der Waals surface area (Å²) in [4.78, 5) is 5.01. The zero-order chi connectivity index (χ0) is 53.2. The van der Waals surface area contributed by atoms with Crippen LogP contribution in [0.2, 0.25) is 0 Å². The number of rotatable bonds is 7. The predicted octanol–water partition coefficient (Wildman–Crippen LogP) is 21.1. The highest BCUT2D eigenvalue weighted by Crippen LogP contribution is 2.58. The molecule has 0 unspecified atom stereocenters. The third kappa shape index (κ3) is 6.11. The second-order valence-electron chi connectivity index (χ2n) is 23.2. The number of hydrogen-bond acceptors (Lipinski definition) is 3. The van der Waals surface area contributed by atoms with Gasteiger partial charge in [-0.2, -0.15) is 0 Å². The van der Waals surface area contributed by atoms with Crippen LogP contribution in [0.4, 0.5) is 34.1 Å². The Morgan fingerprint density at radius 1 is 0.350 bits per heavy atom. The second-order valence-corrected chi connectivity index (χ2v) is 23.2. The van der Waals surface area contributed by atoms with Crippen LogP contribution < -0.4 is 9.80 Å². The Bertz CT molecular complexity index is 5080. The molecular formula is C76H53N3O. The normalized spacial score (nSPS) is 13.9. The molecule has 0 radical (unpaired) electrons. The minimum Gasteiger partial charge on any atom is -0.439 e. The first-order valence-corrected chi connectivity index (χ1v) is 28.0. The lowest BCUT2D eigenvalue weighted by Gasteiger charge is -2.33. The smallest absolute Gasteiger partial charge is 0.213 e. The summed E-state index contributed by atoms with van der Waals surface area (Å²) in [6, 6.07) is 92.2. The molecule has 4 heteroatoms. The summed E-state index contributed by atoms with van der Waals surface area (Å²) < 4.78 is 9.83. The maximum atomic E-state index is 7.42. The van der Waals surface area contributed by atoms with Gasteiger partial charge in [0.15, 0.2) is 0 Å². The molecular weight excluding hydrogens is 971 g/mol. The standard InChI is InChI=1S/C76H53N3O/c1-75(2)62-32-14-12-28-54(62)56-30-18-36-67(71(56)75)77(64-34-16-24-47-22-8-10-26-52(47)64)50-39-41-66-59(44-50)60-42-49(46-20-6-5-7-21-46)43-61-70-58-40-38-51(45-69(58)80-74(70)79(66)73(60)61)78(65-35-17-25-48-23-9-11-27-53(48)65)68-37-19-31-57-55-29-13-15-33-63(55)76(3,4)72(57)68/h5-45H,1-4H3. The summed E-state index contributed by atoms with van der Waals surface area (Å²) in [6.45, 7) is 9.54. The zero-order valence-electron chi connectivity index (χ0n) is 44.9. The van der Waals surface area contributed by atoms with Crippen molar-refractivity contribution in [1.29, 1.82) is 0 Å². The summed E-state index contributed by atoms with van der Waals surface area (Å²) in [5, 5.41) is 10.6. The van der Waals surface area contributed by atoms with Crippen LogP contribution in [0.25, 0.3) is 104 Å². The van der Waals surface area contributed by atoms with Gasteiger partial charge in [-0.3, -0.25) is 4.40 Å². The van der Waals surface area contributed by atoms with E-state index in [0.29, 0.717) is 0 Å². The fourth-order valence-corrected chi connectivity index (χ4v) is 14.7. The average molecular weight is 1020 g/mol. The summed E-state index contributed by atoms with van der Waals surface area (Å²) in [5.74, 6) is 0. The van der Waals surface area contributed by atoms with E-state index >= 15 is 0 Å². The molecule has 0 aliphatic heterocycles. The van der Waals surface area contributed by atoms with E-state index in [1.165, 1.54) is 105 Å². The third-order valence-corrected chi connectivity index (χ3v) is 18.2.